The van der Waals surface area contributed by atoms with Crippen molar-refractivity contribution in [3.63, 3.8) is 0 Å². The number of thiazole rings is 1. The summed E-state index contributed by atoms with van der Waals surface area (Å²) >= 11 is 0.998. The third kappa shape index (κ3) is 3.98. The summed E-state index contributed by atoms with van der Waals surface area (Å²) in [7, 11) is 0. The Balaban J connectivity index is 2.46. The second kappa shape index (κ2) is 7.64. The van der Waals surface area contributed by atoms with Gasteiger partial charge in [0.1, 0.15) is 27.9 Å². The Bertz CT molecular complexity index is 1300. The van der Waals surface area contributed by atoms with Crippen LogP contribution in [0.1, 0.15) is 32.1 Å². The minimum absolute atomic E-state index is 0.139. The minimum atomic E-state index is -0.820. The molecule has 0 saturated heterocycles. The van der Waals surface area contributed by atoms with Crippen molar-refractivity contribution < 1.29 is 13.6 Å². The number of nitriles is 1. The molecule has 0 radical (unpaired) electrons. The maximum atomic E-state index is 14.2. The van der Waals surface area contributed by atoms with Crippen molar-refractivity contribution in [1.82, 2.24) is 4.57 Å². The summed E-state index contributed by atoms with van der Waals surface area (Å²) < 4.78 is 21.1. The number of aryl methyl sites for hydroxylation is 1. The van der Waals surface area contributed by atoms with Crippen LogP contribution < -0.4 is 14.8 Å². The second-order valence-corrected chi connectivity index (χ2v) is 8.60. The van der Waals surface area contributed by atoms with Crippen LogP contribution in [0.3, 0.4) is 0 Å². The largest absolute Gasteiger partial charge is 0.465 e. The van der Waals surface area contributed by atoms with Crippen LogP contribution in [0.4, 0.5) is 4.39 Å². The highest BCUT2D eigenvalue weighted by atomic mass is 32.1. The van der Waals surface area contributed by atoms with E-state index in [1.807, 2.05) is 6.07 Å². The smallest absolute Gasteiger partial charge is 0.273 e. The molecule has 1 aromatic carbocycles. The molecule has 2 aromatic heterocycles. The standard InChI is InChI=1S/C22H19FN2O3S/c1-13-7-8-14(10-17(13)23)25-20(27)18(11-15-6-5-9-28-15)29-21(25)16(12-24)19(26)22(2,3)4/h5-11H,1-4H3. The summed E-state index contributed by atoms with van der Waals surface area (Å²) in [5, 5.41) is 9.72. The zero-order valence-electron chi connectivity index (χ0n) is 16.4. The fourth-order valence-electron chi connectivity index (χ4n) is 2.68. The third-order valence-electron chi connectivity index (χ3n) is 4.29. The minimum Gasteiger partial charge on any atom is -0.465 e. The topological polar surface area (TPSA) is 76.0 Å². The normalized spacial score (nSPS) is 13.3. The maximum Gasteiger partial charge on any atom is 0.273 e. The Morgan fingerprint density at radius 3 is 2.59 bits per heavy atom. The van der Waals surface area contributed by atoms with E-state index in [4.69, 9.17) is 4.42 Å². The Morgan fingerprint density at radius 2 is 2.03 bits per heavy atom. The van der Waals surface area contributed by atoms with Gasteiger partial charge >= 0.3 is 0 Å². The molecule has 0 aliphatic carbocycles. The van der Waals surface area contributed by atoms with E-state index in [2.05, 4.69) is 0 Å². The average molecular weight is 410 g/mol. The lowest BCUT2D eigenvalue weighted by molar-refractivity contribution is -0.120. The lowest BCUT2D eigenvalue weighted by Gasteiger charge is -2.15. The van der Waals surface area contributed by atoms with E-state index in [9.17, 15) is 19.2 Å². The van der Waals surface area contributed by atoms with Crippen molar-refractivity contribution >= 4 is 28.8 Å². The molecule has 0 atom stereocenters. The van der Waals surface area contributed by atoms with E-state index in [0.717, 1.165) is 11.3 Å². The average Bonchev–Trinajstić information content (AvgIpc) is 3.27. The van der Waals surface area contributed by atoms with E-state index in [1.54, 1.807) is 52.0 Å². The van der Waals surface area contributed by atoms with Crippen LogP contribution >= 0.6 is 11.3 Å². The molecular weight excluding hydrogens is 391 g/mol. The molecule has 0 spiro atoms. The van der Waals surface area contributed by atoms with Gasteiger partial charge in [0, 0.05) is 11.5 Å². The van der Waals surface area contributed by atoms with Gasteiger partial charge in [-0.2, -0.15) is 5.26 Å². The van der Waals surface area contributed by atoms with Gasteiger partial charge in [0.15, 0.2) is 5.78 Å². The number of carbonyl (C=O) groups excluding carboxylic acids is 1. The predicted molar refractivity (Wildman–Crippen MR) is 110 cm³/mol. The molecular formula is C22H19FN2O3S. The Labute approximate surface area is 170 Å². The number of hydrogen-bond donors (Lipinski definition) is 0. The fourth-order valence-corrected chi connectivity index (χ4v) is 3.76. The predicted octanol–water partition coefficient (Wildman–Crippen LogP) is 3.06. The first-order valence-corrected chi connectivity index (χ1v) is 9.68. The van der Waals surface area contributed by atoms with Crippen molar-refractivity contribution in [3.05, 3.63) is 73.3 Å². The number of furan rings is 1. The van der Waals surface area contributed by atoms with Gasteiger partial charge in [-0.25, -0.2) is 4.39 Å². The number of halogens is 1. The van der Waals surface area contributed by atoms with Crippen LogP contribution in [0.2, 0.25) is 0 Å². The number of Topliss-reactive ketones (excluding diaryl/α,β-unsaturated/α-hetero) is 1. The summed E-state index contributed by atoms with van der Waals surface area (Å²) in [4.78, 5) is 26.0. The molecule has 2 heterocycles. The highest BCUT2D eigenvalue weighted by molar-refractivity contribution is 7.07. The summed E-state index contributed by atoms with van der Waals surface area (Å²) in [6, 6.07) is 9.67. The molecule has 0 N–H and O–H groups in total. The van der Waals surface area contributed by atoms with Crippen molar-refractivity contribution in [2.24, 2.45) is 5.41 Å². The molecule has 0 bridgehead atoms. The van der Waals surface area contributed by atoms with Gasteiger partial charge in [-0.3, -0.25) is 14.2 Å². The Morgan fingerprint density at radius 1 is 1.31 bits per heavy atom. The first kappa shape index (κ1) is 20.5. The van der Waals surface area contributed by atoms with Crippen LogP contribution in [-0.2, 0) is 4.79 Å². The highest BCUT2D eigenvalue weighted by Crippen LogP contribution is 2.20. The van der Waals surface area contributed by atoms with Crippen LogP contribution in [0.25, 0.3) is 17.3 Å². The molecule has 0 fully saturated rings. The molecule has 0 amide bonds. The lowest BCUT2D eigenvalue weighted by atomic mass is 9.87. The molecule has 3 aromatic rings. The number of hydrogen-bond acceptors (Lipinski definition) is 5. The van der Waals surface area contributed by atoms with E-state index in [-0.39, 0.29) is 20.5 Å². The zero-order valence-corrected chi connectivity index (χ0v) is 17.3. The van der Waals surface area contributed by atoms with Crippen molar-refractivity contribution in [2.45, 2.75) is 27.7 Å². The van der Waals surface area contributed by atoms with Crippen LogP contribution in [-0.4, -0.2) is 10.4 Å². The van der Waals surface area contributed by atoms with Crippen LogP contribution in [0.5, 0.6) is 0 Å². The van der Waals surface area contributed by atoms with E-state index in [1.165, 1.54) is 23.0 Å². The summed E-state index contributed by atoms with van der Waals surface area (Å²) in [6.45, 7) is 6.71. The molecule has 0 aliphatic rings. The van der Waals surface area contributed by atoms with Crippen molar-refractivity contribution in [1.29, 1.82) is 5.26 Å². The number of aromatic nitrogens is 1. The van der Waals surface area contributed by atoms with Gasteiger partial charge < -0.3 is 4.42 Å². The molecule has 3 rings (SSSR count). The van der Waals surface area contributed by atoms with Gasteiger partial charge in [0.25, 0.3) is 5.56 Å². The molecule has 148 valence electrons. The number of carbonyl (C=O) groups is 1. The quantitative estimate of drug-likeness (QED) is 0.665. The number of ketones is 1. The van der Waals surface area contributed by atoms with Gasteiger partial charge in [-0.15, -0.1) is 11.3 Å². The SMILES string of the molecule is Cc1ccc(-n2c(=C(C#N)C(=O)C(C)(C)C)sc(=Cc3ccco3)c2=O)cc1F. The fraction of sp³-hybridized carbons (Fsp3) is 0.227. The van der Waals surface area contributed by atoms with Gasteiger partial charge in [-0.05, 0) is 36.8 Å². The lowest BCUT2D eigenvalue weighted by Crippen LogP contribution is -2.33. The number of nitrogens with zero attached hydrogens (tertiary/aromatic N) is 2. The first-order valence-electron chi connectivity index (χ1n) is 8.86. The van der Waals surface area contributed by atoms with Gasteiger partial charge in [-0.1, -0.05) is 26.8 Å². The highest BCUT2D eigenvalue weighted by Gasteiger charge is 2.27. The number of benzene rings is 1. The van der Waals surface area contributed by atoms with E-state index >= 15 is 0 Å². The summed E-state index contributed by atoms with van der Waals surface area (Å²) in [6.07, 6.45) is 3.01. The second-order valence-electron chi connectivity index (χ2n) is 7.57. The molecule has 7 heteroatoms. The third-order valence-corrected chi connectivity index (χ3v) is 5.38. The van der Waals surface area contributed by atoms with Crippen molar-refractivity contribution in [2.75, 3.05) is 0 Å². The Kier molecular flexibility index (Phi) is 5.40. The summed E-state index contributed by atoms with van der Waals surface area (Å²) in [5.41, 5.74) is -0.743. The molecule has 29 heavy (non-hydrogen) atoms. The van der Waals surface area contributed by atoms with Crippen LogP contribution in [0, 0.1) is 29.5 Å². The van der Waals surface area contributed by atoms with Gasteiger partial charge in [0.2, 0.25) is 0 Å². The summed E-state index contributed by atoms with van der Waals surface area (Å²) in [5.74, 6) is -0.423. The van der Waals surface area contributed by atoms with Gasteiger partial charge in [0.05, 0.1) is 16.5 Å². The Hall–Kier alpha value is -3.24. The zero-order chi connectivity index (χ0) is 21.3. The van der Waals surface area contributed by atoms with Crippen molar-refractivity contribution in [3.8, 4) is 11.8 Å². The van der Waals surface area contributed by atoms with E-state index < -0.39 is 22.6 Å². The first-order chi connectivity index (χ1) is 13.6. The maximum absolute atomic E-state index is 14.2. The molecule has 0 saturated carbocycles. The van der Waals surface area contributed by atoms with E-state index in [0.29, 0.717) is 11.3 Å². The number of rotatable bonds is 3. The molecule has 5 nitrogen and oxygen atoms in total. The molecule has 0 aliphatic heterocycles. The monoisotopic (exact) mass is 410 g/mol. The van der Waals surface area contributed by atoms with Crippen LogP contribution in [0.15, 0.2) is 45.8 Å². The molecule has 0 unspecified atom stereocenters.